The largest absolute Gasteiger partial charge is 0.382 e. The van der Waals surface area contributed by atoms with Crippen LogP contribution >= 0.6 is 11.8 Å². The SMILES string of the molecule is COCCOC(C)(C)c1ccc(-c2nc3c(c(=O)[nH]2)CSCC3)cc1. The van der Waals surface area contributed by atoms with Gasteiger partial charge in [-0.05, 0) is 31.6 Å². The number of methoxy groups -OCH3 is 1. The summed E-state index contributed by atoms with van der Waals surface area (Å²) in [6.07, 6.45) is 0.857. The summed E-state index contributed by atoms with van der Waals surface area (Å²) >= 11 is 1.78. The summed E-state index contributed by atoms with van der Waals surface area (Å²) in [6, 6.07) is 8.02. The van der Waals surface area contributed by atoms with Crippen molar-refractivity contribution in [2.45, 2.75) is 31.6 Å². The number of hydrogen-bond donors (Lipinski definition) is 1. The van der Waals surface area contributed by atoms with Crippen LogP contribution < -0.4 is 5.56 Å². The zero-order chi connectivity index (χ0) is 17.9. The molecule has 0 saturated heterocycles. The standard InChI is InChI=1S/C19H24N2O3S/c1-19(2,24-10-9-23-3)14-6-4-13(5-7-14)17-20-16-8-11-25-12-15(16)18(22)21-17/h4-7H,8-12H2,1-3H3,(H,20,21,22). The number of aromatic nitrogens is 2. The van der Waals surface area contributed by atoms with Crippen LogP contribution in [0.2, 0.25) is 0 Å². The zero-order valence-corrected chi connectivity index (χ0v) is 15.7. The van der Waals surface area contributed by atoms with Gasteiger partial charge in [-0.2, -0.15) is 11.8 Å². The maximum absolute atomic E-state index is 12.3. The fraction of sp³-hybridized carbons (Fsp3) is 0.474. The predicted octanol–water partition coefficient (Wildman–Crippen LogP) is 3.12. The molecule has 0 unspecified atom stereocenters. The second-order valence-electron chi connectivity index (χ2n) is 6.57. The molecule has 0 amide bonds. The van der Waals surface area contributed by atoms with E-state index in [-0.39, 0.29) is 5.56 Å². The summed E-state index contributed by atoms with van der Waals surface area (Å²) < 4.78 is 10.9. The van der Waals surface area contributed by atoms with Crippen LogP contribution in [0.3, 0.4) is 0 Å². The highest BCUT2D eigenvalue weighted by molar-refractivity contribution is 7.98. The molecule has 25 heavy (non-hydrogen) atoms. The number of nitrogens with zero attached hydrogens (tertiary/aromatic N) is 1. The first-order chi connectivity index (χ1) is 12.0. The maximum atomic E-state index is 12.3. The molecule has 1 N–H and O–H groups in total. The molecule has 5 nitrogen and oxygen atoms in total. The zero-order valence-electron chi connectivity index (χ0n) is 14.9. The van der Waals surface area contributed by atoms with Crippen molar-refractivity contribution in [1.29, 1.82) is 0 Å². The van der Waals surface area contributed by atoms with Crippen LogP contribution in [-0.4, -0.2) is 36.0 Å². The van der Waals surface area contributed by atoms with Gasteiger partial charge in [0.1, 0.15) is 5.82 Å². The van der Waals surface area contributed by atoms with Crippen molar-refractivity contribution < 1.29 is 9.47 Å². The second-order valence-corrected chi connectivity index (χ2v) is 7.68. The molecule has 2 heterocycles. The number of ether oxygens (including phenoxy) is 2. The van der Waals surface area contributed by atoms with E-state index in [2.05, 4.69) is 9.97 Å². The van der Waals surface area contributed by atoms with Crippen LogP contribution in [0.1, 0.15) is 30.7 Å². The quantitative estimate of drug-likeness (QED) is 0.802. The lowest BCUT2D eigenvalue weighted by Gasteiger charge is -2.26. The van der Waals surface area contributed by atoms with Gasteiger partial charge in [0.15, 0.2) is 0 Å². The van der Waals surface area contributed by atoms with Crippen LogP contribution in [-0.2, 0) is 27.2 Å². The first-order valence-corrected chi connectivity index (χ1v) is 9.60. The molecule has 0 radical (unpaired) electrons. The van der Waals surface area contributed by atoms with Crippen molar-refractivity contribution >= 4 is 11.8 Å². The van der Waals surface area contributed by atoms with E-state index < -0.39 is 5.60 Å². The van der Waals surface area contributed by atoms with Gasteiger partial charge in [-0.3, -0.25) is 4.79 Å². The Hall–Kier alpha value is -1.63. The molecule has 0 saturated carbocycles. The Morgan fingerprint density at radius 1 is 1.24 bits per heavy atom. The molecule has 6 heteroatoms. The lowest BCUT2D eigenvalue weighted by atomic mass is 9.96. The normalized spacial score (nSPS) is 14.4. The van der Waals surface area contributed by atoms with Gasteiger partial charge in [0, 0.05) is 24.0 Å². The molecule has 0 spiro atoms. The summed E-state index contributed by atoms with van der Waals surface area (Å²) in [5.74, 6) is 2.42. The molecular weight excluding hydrogens is 336 g/mol. The maximum Gasteiger partial charge on any atom is 0.255 e. The molecule has 0 atom stereocenters. The Labute approximate surface area is 152 Å². The highest BCUT2D eigenvalue weighted by Gasteiger charge is 2.21. The fourth-order valence-electron chi connectivity index (χ4n) is 2.87. The molecule has 2 aromatic rings. The third kappa shape index (κ3) is 4.14. The van der Waals surface area contributed by atoms with E-state index >= 15 is 0 Å². The number of thioether (sulfide) groups is 1. The van der Waals surface area contributed by atoms with E-state index in [4.69, 9.17) is 9.47 Å². The van der Waals surface area contributed by atoms with Gasteiger partial charge in [-0.1, -0.05) is 24.3 Å². The van der Waals surface area contributed by atoms with Crippen LogP contribution in [0.15, 0.2) is 29.1 Å². The van der Waals surface area contributed by atoms with Crippen molar-refractivity contribution in [3.8, 4) is 11.4 Å². The topological polar surface area (TPSA) is 64.2 Å². The predicted molar refractivity (Wildman–Crippen MR) is 101 cm³/mol. The molecule has 1 aliphatic heterocycles. The van der Waals surface area contributed by atoms with Crippen LogP contribution in [0.5, 0.6) is 0 Å². The van der Waals surface area contributed by atoms with E-state index in [9.17, 15) is 4.79 Å². The van der Waals surface area contributed by atoms with Gasteiger partial charge in [-0.15, -0.1) is 0 Å². The summed E-state index contributed by atoms with van der Waals surface area (Å²) in [5.41, 5.74) is 3.33. The first-order valence-electron chi connectivity index (χ1n) is 8.45. The van der Waals surface area contributed by atoms with E-state index in [1.807, 2.05) is 38.1 Å². The van der Waals surface area contributed by atoms with Crippen LogP contribution in [0.4, 0.5) is 0 Å². The van der Waals surface area contributed by atoms with Gasteiger partial charge in [0.05, 0.1) is 24.5 Å². The Morgan fingerprint density at radius 2 is 2.00 bits per heavy atom. The number of rotatable bonds is 6. The van der Waals surface area contributed by atoms with E-state index in [1.165, 1.54) is 0 Å². The van der Waals surface area contributed by atoms with Crippen LogP contribution in [0, 0.1) is 0 Å². The van der Waals surface area contributed by atoms with Crippen molar-refractivity contribution in [3.63, 3.8) is 0 Å². The molecule has 134 valence electrons. The Balaban J connectivity index is 1.83. The number of hydrogen-bond acceptors (Lipinski definition) is 5. The van der Waals surface area contributed by atoms with Gasteiger partial charge in [-0.25, -0.2) is 4.98 Å². The highest BCUT2D eigenvalue weighted by Crippen LogP contribution is 2.27. The number of aromatic amines is 1. The number of aryl methyl sites for hydroxylation is 1. The Bertz CT molecular complexity index is 784. The number of fused-ring (bicyclic) bond motifs is 1. The fourth-order valence-corrected chi connectivity index (χ4v) is 3.86. The minimum atomic E-state index is -0.398. The molecule has 0 aliphatic carbocycles. The third-order valence-corrected chi connectivity index (χ3v) is 5.42. The molecule has 0 fully saturated rings. The first kappa shape index (κ1) is 18.2. The summed E-state index contributed by atoms with van der Waals surface area (Å²) in [5, 5.41) is 0. The molecule has 3 rings (SSSR count). The molecular formula is C19H24N2O3S. The van der Waals surface area contributed by atoms with Crippen LogP contribution in [0.25, 0.3) is 11.4 Å². The van der Waals surface area contributed by atoms with E-state index in [1.54, 1.807) is 18.9 Å². The smallest absolute Gasteiger partial charge is 0.255 e. The number of benzene rings is 1. The monoisotopic (exact) mass is 360 g/mol. The summed E-state index contributed by atoms with van der Waals surface area (Å²) in [7, 11) is 1.66. The average molecular weight is 360 g/mol. The van der Waals surface area contributed by atoms with Crippen molar-refractivity contribution in [3.05, 3.63) is 51.4 Å². The van der Waals surface area contributed by atoms with Gasteiger partial charge < -0.3 is 14.5 Å². The summed E-state index contributed by atoms with van der Waals surface area (Å²) in [6.45, 7) is 5.19. The van der Waals surface area contributed by atoms with Crippen molar-refractivity contribution in [2.75, 3.05) is 26.1 Å². The molecule has 0 bridgehead atoms. The summed E-state index contributed by atoms with van der Waals surface area (Å²) in [4.78, 5) is 19.9. The third-order valence-electron chi connectivity index (χ3n) is 4.43. The number of H-pyrrole nitrogens is 1. The van der Waals surface area contributed by atoms with Crippen molar-refractivity contribution in [2.24, 2.45) is 0 Å². The van der Waals surface area contributed by atoms with Crippen molar-refractivity contribution in [1.82, 2.24) is 9.97 Å². The van der Waals surface area contributed by atoms with Gasteiger partial charge >= 0.3 is 0 Å². The lowest BCUT2D eigenvalue weighted by Crippen LogP contribution is -2.23. The molecule has 1 aromatic heterocycles. The average Bonchev–Trinajstić information content (AvgIpc) is 2.62. The Kier molecular flexibility index (Phi) is 5.61. The second kappa shape index (κ2) is 7.72. The minimum Gasteiger partial charge on any atom is -0.382 e. The van der Waals surface area contributed by atoms with Gasteiger partial charge in [0.2, 0.25) is 0 Å². The van der Waals surface area contributed by atoms with E-state index in [0.717, 1.165) is 40.3 Å². The number of nitrogens with one attached hydrogen (secondary N) is 1. The van der Waals surface area contributed by atoms with Gasteiger partial charge in [0.25, 0.3) is 5.56 Å². The minimum absolute atomic E-state index is 0.0143. The highest BCUT2D eigenvalue weighted by atomic mass is 32.2. The molecule has 1 aromatic carbocycles. The molecule has 1 aliphatic rings. The lowest BCUT2D eigenvalue weighted by molar-refractivity contribution is -0.0431. The van der Waals surface area contributed by atoms with E-state index in [0.29, 0.717) is 19.0 Å². The Morgan fingerprint density at radius 3 is 2.72 bits per heavy atom.